The summed E-state index contributed by atoms with van der Waals surface area (Å²) in [6.07, 6.45) is 2.64. The highest BCUT2D eigenvalue weighted by Crippen LogP contribution is 2.38. The van der Waals surface area contributed by atoms with Crippen molar-refractivity contribution in [2.45, 2.75) is 64.6 Å². The molecule has 0 aromatic heterocycles. The van der Waals surface area contributed by atoms with Gasteiger partial charge in [0.15, 0.2) is 6.10 Å². The van der Waals surface area contributed by atoms with E-state index in [1.54, 1.807) is 19.1 Å². The Morgan fingerprint density at radius 3 is 2.50 bits per heavy atom. The fourth-order valence-electron chi connectivity index (χ4n) is 4.21. The van der Waals surface area contributed by atoms with Crippen LogP contribution >= 0.6 is 0 Å². The quantitative estimate of drug-likeness (QED) is 0.698. The van der Waals surface area contributed by atoms with Gasteiger partial charge in [0.25, 0.3) is 5.91 Å². The van der Waals surface area contributed by atoms with E-state index in [0.717, 1.165) is 36.0 Å². The smallest absolute Gasteiger partial charge is 0.260 e. The lowest BCUT2D eigenvalue weighted by molar-refractivity contribution is -0.134. The predicted molar refractivity (Wildman–Crippen MR) is 121 cm³/mol. The van der Waals surface area contributed by atoms with E-state index in [1.165, 1.54) is 12.1 Å². The summed E-state index contributed by atoms with van der Waals surface area (Å²) in [7, 11) is 0. The second-order valence-corrected chi connectivity index (χ2v) is 9.29. The molecule has 32 heavy (non-hydrogen) atoms. The zero-order valence-corrected chi connectivity index (χ0v) is 18.9. The van der Waals surface area contributed by atoms with Crippen molar-refractivity contribution in [3.63, 3.8) is 0 Å². The zero-order chi connectivity index (χ0) is 22.8. The molecule has 2 atom stereocenters. The van der Waals surface area contributed by atoms with Crippen LogP contribution in [0, 0.1) is 11.7 Å². The molecular weight excluding hydrogens is 407 g/mol. The maximum absolute atomic E-state index is 13.6. The van der Waals surface area contributed by atoms with E-state index in [4.69, 9.17) is 4.74 Å². The molecule has 0 radical (unpaired) electrons. The highest BCUT2D eigenvalue weighted by molar-refractivity contribution is 5.81. The summed E-state index contributed by atoms with van der Waals surface area (Å²) in [6, 6.07) is 12.1. The minimum Gasteiger partial charge on any atom is -0.481 e. The Bertz CT molecular complexity index is 985. The average molecular weight is 439 g/mol. The number of rotatable bonds is 7. The molecule has 2 aromatic rings. The van der Waals surface area contributed by atoms with Crippen LogP contribution in [0.5, 0.6) is 5.75 Å². The Morgan fingerprint density at radius 2 is 1.84 bits per heavy atom. The minimum atomic E-state index is -0.611. The van der Waals surface area contributed by atoms with Gasteiger partial charge in [0.1, 0.15) is 11.6 Å². The highest BCUT2D eigenvalue weighted by atomic mass is 19.1. The van der Waals surface area contributed by atoms with Crippen LogP contribution in [0.25, 0.3) is 0 Å². The summed E-state index contributed by atoms with van der Waals surface area (Å²) in [4.78, 5) is 27.3. The van der Waals surface area contributed by atoms with Gasteiger partial charge in [-0.1, -0.05) is 32.0 Å². The third-order valence-corrected chi connectivity index (χ3v) is 6.04. The topological polar surface area (TPSA) is 58.6 Å². The van der Waals surface area contributed by atoms with Crippen molar-refractivity contribution >= 4 is 11.8 Å². The molecule has 1 aliphatic heterocycles. The van der Waals surface area contributed by atoms with Gasteiger partial charge in [0, 0.05) is 19.0 Å². The molecule has 6 heteroatoms. The largest absolute Gasteiger partial charge is 0.481 e. The van der Waals surface area contributed by atoms with E-state index >= 15 is 0 Å². The van der Waals surface area contributed by atoms with Crippen molar-refractivity contribution in [1.82, 2.24) is 10.2 Å². The summed E-state index contributed by atoms with van der Waals surface area (Å²) in [5.74, 6) is 0.501. The lowest BCUT2D eigenvalue weighted by Crippen LogP contribution is -2.41. The van der Waals surface area contributed by atoms with Crippen molar-refractivity contribution in [2.24, 2.45) is 5.92 Å². The fourth-order valence-corrected chi connectivity index (χ4v) is 4.21. The van der Waals surface area contributed by atoms with E-state index in [2.05, 4.69) is 5.32 Å². The van der Waals surface area contributed by atoms with Crippen LogP contribution < -0.4 is 10.1 Å². The Morgan fingerprint density at radius 1 is 1.12 bits per heavy atom. The average Bonchev–Trinajstić information content (AvgIpc) is 3.57. The monoisotopic (exact) mass is 438 g/mol. The predicted octanol–water partition coefficient (Wildman–Crippen LogP) is 4.39. The van der Waals surface area contributed by atoms with E-state index in [0.29, 0.717) is 18.7 Å². The van der Waals surface area contributed by atoms with E-state index in [9.17, 15) is 14.0 Å². The Hall–Kier alpha value is -2.89. The van der Waals surface area contributed by atoms with Gasteiger partial charge < -0.3 is 15.0 Å². The van der Waals surface area contributed by atoms with Crippen LogP contribution in [0.2, 0.25) is 0 Å². The fraction of sp³-hybridized carbons (Fsp3) is 0.462. The van der Waals surface area contributed by atoms with Gasteiger partial charge in [0.2, 0.25) is 5.91 Å². The summed E-state index contributed by atoms with van der Waals surface area (Å²) in [5, 5.41) is 2.96. The summed E-state index contributed by atoms with van der Waals surface area (Å²) in [6.45, 7) is 6.42. The number of fused-ring (bicyclic) bond motifs is 1. The number of nitrogens with one attached hydrogen (secondary N) is 1. The number of carbonyl (C=O) groups is 2. The molecular formula is C26H31FN2O3. The molecule has 2 aliphatic rings. The van der Waals surface area contributed by atoms with Gasteiger partial charge in [-0.3, -0.25) is 9.59 Å². The molecule has 1 saturated carbocycles. The van der Waals surface area contributed by atoms with Crippen LogP contribution in [-0.2, 0) is 16.0 Å². The van der Waals surface area contributed by atoms with Crippen molar-refractivity contribution in [3.05, 3.63) is 65.0 Å². The van der Waals surface area contributed by atoms with E-state index in [1.807, 2.05) is 36.9 Å². The minimum absolute atomic E-state index is 0.0866. The number of halogens is 1. The van der Waals surface area contributed by atoms with Gasteiger partial charge in [-0.15, -0.1) is 0 Å². The molecule has 2 amide bonds. The van der Waals surface area contributed by atoms with Crippen molar-refractivity contribution < 1.29 is 18.7 Å². The normalized spacial score (nSPS) is 18.8. The highest BCUT2D eigenvalue weighted by Gasteiger charge is 2.33. The molecule has 0 unspecified atom stereocenters. The number of carbonyl (C=O) groups excluding carboxylic acids is 2. The first kappa shape index (κ1) is 22.3. The van der Waals surface area contributed by atoms with Gasteiger partial charge in [-0.2, -0.15) is 0 Å². The molecule has 0 spiro atoms. The van der Waals surface area contributed by atoms with E-state index in [-0.39, 0.29) is 35.6 Å². The Kier molecular flexibility index (Phi) is 6.49. The Balaban J connectivity index is 1.64. The third kappa shape index (κ3) is 5.12. The molecule has 4 rings (SSSR count). The molecule has 0 saturated heterocycles. The number of hydrogen-bond donors (Lipinski definition) is 1. The molecule has 1 fully saturated rings. The number of amides is 2. The van der Waals surface area contributed by atoms with Crippen molar-refractivity contribution in [2.75, 3.05) is 6.54 Å². The number of ether oxygens (including phenoxy) is 1. The zero-order valence-electron chi connectivity index (χ0n) is 18.9. The molecule has 1 N–H and O–H groups in total. The lowest BCUT2D eigenvalue weighted by atomic mass is 9.87. The standard InChI is InChI=1S/C26H31FN2O3/c1-16(2)14-24(30)29-13-12-18-6-11-22(32-17(3)26(31)28-21-9-10-21)15-23(18)25(29)19-4-7-20(27)8-5-19/h4-8,11,15-17,21,25H,9-10,12-14H2,1-3H3,(H,28,31)/t17-,25-/m0/s1. The second kappa shape index (κ2) is 9.31. The first-order chi connectivity index (χ1) is 15.3. The SMILES string of the molecule is CC(C)CC(=O)N1CCc2ccc(O[C@@H](C)C(=O)NC3CC3)cc2[C@@H]1c1ccc(F)cc1. The molecule has 5 nitrogen and oxygen atoms in total. The van der Waals surface area contributed by atoms with Crippen molar-refractivity contribution in [1.29, 1.82) is 0 Å². The van der Waals surface area contributed by atoms with E-state index < -0.39 is 6.10 Å². The second-order valence-electron chi connectivity index (χ2n) is 9.29. The Labute approximate surface area is 188 Å². The number of benzene rings is 2. The lowest BCUT2D eigenvalue weighted by Gasteiger charge is -2.38. The summed E-state index contributed by atoms with van der Waals surface area (Å²) in [5.41, 5.74) is 2.96. The summed E-state index contributed by atoms with van der Waals surface area (Å²) < 4.78 is 19.6. The molecule has 1 heterocycles. The van der Waals surface area contributed by atoms with Crippen LogP contribution in [0.15, 0.2) is 42.5 Å². The third-order valence-electron chi connectivity index (χ3n) is 6.04. The molecule has 1 aliphatic carbocycles. The number of hydrogen-bond acceptors (Lipinski definition) is 3. The maximum atomic E-state index is 13.6. The molecule has 0 bridgehead atoms. The van der Waals surface area contributed by atoms with Crippen molar-refractivity contribution in [3.8, 4) is 5.75 Å². The van der Waals surface area contributed by atoms with Gasteiger partial charge >= 0.3 is 0 Å². The molecule has 2 aromatic carbocycles. The van der Waals surface area contributed by atoms with Crippen LogP contribution in [0.4, 0.5) is 4.39 Å². The van der Waals surface area contributed by atoms with Gasteiger partial charge in [0.05, 0.1) is 6.04 Å². The molecule has 170 valence electrons. The van der Waals surface area contributed by atoms with Crippen LogP contribution in [0.3, 0.4) is 0 Å². The maximum Gasteiger partial charge on any atom is 0.260 e. The number of nitrogens with zero attached hydrogens (tertiary/aromatic N) is 1. The summed E-state index contributed by atoms with van der Waals surface area (Å²) >= 11 is 0. The van der Waals surface area contributed by atoms with Gasteiger partial charge in [-0.25, -0.2) is 4.39 Å². The van der Waals surface area contributed by atoms with Crippen LogP contribution in [-0.4, -0.2) is 35.4 Å². The van der Waals surface area contributed by atoms with Crippen LogP contribution in [0.1, 0.15) is 62.8 Å². The first-order valence-electron chi connectivity index (χ1n) is 11.5. The first-order valence-corrected chi connectivity index (χ1v) is 11.5. The van der Waals surface area contributed by atoms with Gasteiger partial charge in [-0.05, 0) is 73.1 Å².